The third kappa shape index (κ3) is 4.53. The molecule has 2 heterocycles. The summed E-state index contributed by atoms with van der Waals surface area (Å²) in [5, 5.41) is 3.02. The van der Waals surface area contributed by atoms with Gasteiger partial charge in [0.1, 0.15) is 0 Å². The highest BCUT2D eigenvalue weighted by atomic mass is 16.2. The minimum Gasteiger partial charge on any atom is -0.356 e. The van der Waals surface area contributed by atoms with E-state index < -0.39 is 5.41 Å². The number of hydrogen-bond donors (Lipinski definition) is 2. The largest absolute Gasteiger partial charge is 0.356 e. The van der Waals surface area contributed by atoms with E-state index in [0.717, 1.165) is 29.5 Å². The molecule has 31 heavy (non-hydrogen) atoms. The summed E-state index contributed by atoms with van der Waals surface area (Å²) in [6.07, 6.45) is 5.33. The van der Waals surface area contributed by atoms with Gasteiger partial charge in [-0.3, -0.25) is 9.59 Å². The lowest BCUT2D eigenvalue weighted by Gasteiger charge is -2.41. The molecule has 1 aliphatic rings. The summed E-state index contributed by atoms with van der Waals surface area (Å²) in [5.74, 6) is 0.172. The number of imidazole rings is 1. The number of nitrogens with zero attached hydrogens (tertiary/aromatic N) is 2. The first kappa shape index (κ1) is 20.8. The Labute approximate surface area is 182 Å². The Morgan fingerprint density at radius 2 is 1.94 bits per heavy atom. The number of benzene rings is 2. The van der Waals surface area contributed by atoms with E-state index in [0.29, 0.717) is 31.9 Å². The standard InChI is InChI=1S/C25H28N4O2/c1-2-26-24(31)25(12-7-15-29(18-25)23(30)22-27-13-14-28-22)17-19-8-6-11-21(16-19)20-9-4-3-5-10-20/h3-6,8-11,13-14,16H,2,7,12,15,17-18H2,1H3,(H,26,31)(H,27,28)/t25-/m0/s1. The Hall–Kier alpha value is -3.41. The van der Waals surface area contributed by atoms with Crippen LogP contribution in [0.2, 0.25) is 0 Å². The maximum atomic E-state index is 13.3. The van der Waals surface area contributed by atoms with E-state index in [1.807, 2.05) is 31.2 Å². The van der Waals surface area contributed by atoms with Crippen LogP contribution < -0.4 is 5.32 Å². The molecule has 0 bridgehead atoms. The predicted molar refractivity (Wildman–Crippen MR) is 120 cm³/mol. The van der Waals surface area contributed by atoms with Crippen LogP contribution in [0.5, 0.6) is 0 Å². The molecular formula is C25H28N4O2. The van der Waals surface area contributed by atoms with Crippen molar-refractivity contribution in [1.82, 2.24) is 20.2 Å². The Morgan fingerprint density at radius 3 is 2.68 bits per heavy atom. The number of carbonyl (C=O) groups is 2. The van der Waals surface area contributed by atoms with E-state index in [2.05, 4.69) is 45.6 Å². The minimum atomic E-state index is -0.661. The molecule has 4 rings (SSSR count). The summed E-state index contributed by atoms with van der Waals surface area (Å²) < 4.78 is 0. The lowest BCUT2D eigenvalue weighted by atomic mass is 9.74. The van der Waals surface area contributed by atoms with Gasteiger partial charge in [0, 0.05) is 32.0 Å². The van der Waals surface area contributed by atoms with Crippen molar-refractivity contribution < 1.29 is 9.59 Å². The second-order valence-corrected chi connectivity index (χ2v) is 8.15. The van der Waals surface area contributed by atoms with E-state index in [1.54, 1.807) is 17.3 Å². The van der Waals surface area contributed by atoms with Crippen molar-refractivity contribution in [2.75, 3.05) is 19.6 Å². The Kier molecular flexibility index (Phi) is 6.16. The van der Waals surface area contributed by atoms with Crippen molar-refractivity contribution in [2.45, 2.75) is 26.2 Å². The number of aromatic nitrogens is 2. The van der Waals surface area contributed by atoms with Crippen molar-refractivity contribution in [3.63, 3.8) is 0 Å². The van der Waals surface area contributed by atoms with Crippen LogP contribution in [0.1, 0.15) is 35.9 Å². The lowest BCUT2D eigenvalue weighted by molar-refractivity contribution is -0.133. The van der Waals surface area contributed by atoms with Gasteiger partial charge in [0.2, 0.25) is 5.91 Å². The monoisotopic (exact) mass is 416 g/mol. The molecule has 3 aromatic rings. The van der Waals surface area contributed by atoms with Crippen LogP contribution in [-0.4, -0.2) is 46.3 Å². The molecule has 1 saturated heterocycles. The van der Waals surface area contributed by atoms with Gasteiger partial charge in [-0.05, 0) is 42.9 Å². The summed E-state index contributed by atoms with van der Waals surface area (Å²) in [7, 11) is 0. The topological polar surface area (TPSA) is 78.1 Å². The summed E-state index contributed by atoms with van der Waals surface area (Å²) in [5.41, 5.74) is 2.71. The number of carbonyl (C=O) groups excluding carboxylic acids is 2. The van der Waals surface area contributed by atoms with E-state index in [1.165, 1.54) is 0 Å². The number of piperidine rings is 1. The molecule has 6 nitrogen and oxygen atoms in total. The SMILES string of the molecule is CCNC(=O)[C@]1(Cc2cccc(-c3ccccc3)c2)CCCN(C(=O)c2ncc[nH]2)C1. The van der Waals surface area contributed by atoms with Crippen LogP contribution in [0.25, 0.3) is 11.1 Å². The van der Waals surface area contributed by atoms with E-state index in [9.17, 15) is 9.59 Å². The fourth-order valence-corrected chi connectivity index (χ4v) is 4.48. The molecule has 0 unspecified atom stereocenters. The number of H-pyrrole nitrogens is 1. The maximum Gasteiger partial charge on any atom is 0.289 e. The number of amides is 2. The second-order valence-electron chi connectivity index (χ2n) is 8.15. The van der Waals surface area contributed by atoms with Crippen molar-refractivity contribution >= 4 is 11.8 Å². The predicted octanol–water partition coefficient (Wildman–Crippen LogP) is 3.68. The van der Waals surface area contributed by atoms with Crippen LogP contribution in [0.15, 0.2) is 67.0 Å². The number of rotatable bonds is 6. The highest BCUT2D eigenvalue weighted by Crippen LogP contribution is 2.35. The van der Waals surface area contributed by atoms with Gasteiger partial charge >= 0.3 is 0 Å². The highest BCUT2D eigenvalue weighted by Gasteiger charge is 2.43. The third-order valence-electron chi connectivity index (χ3n) is 5.96. The fourth-order valence-electron chi connectivity index (χ4n) is 4.48. The molecule has 2 aromatic carbocycles. The summed E-state index contributed by atoms with van der Waals surface area (Å²) in [4.78, 5) is 34.9. The third-order valence-corrected chi connectivity index (χ3v) is 5.96. The Bertz CT molecular complexity index is 1030. The molecule has 1 aliphatic heterocycles. The van der Waals surface area contributed by atoms with E-state index in [-0.39, 0.29) is 11.8 Å². The first-order valence-electron chi connectivity index (χ1n) is 10.8. The van der Waals surface area contributed by atoms with Gasteiger partial charge < -0.3 is 15.2 Å². The molecule has 0 radical (unpaired) electrons. The van der Waals surface area contributed by atoms with Crippen LogP contribution in [0.3, 0.4) is 0 Å². The van der Waals surface area contributed by atoms with E-state index in [4.69, 9.17) is 0 Å². The fraction of sp³-hybridized carbons (Fsp3) is 0.320. The van der Waals surface area contributed by atoms with Crippen molar-refractivity contribution in [2.24, 2.45) is 5.41 Å². The number of aromatic amines is 1. The molecule has 2 amide bonds. The van der Waals surface area contributed by atoms with Gasteiger partial charge in [0.25, 0.3) is 5.91 Å². The van der Waals surface area contributed by atoms with Crippen LogP contribution in [0, 0.1) is 5.41 Å². The molecule has 1 atom stereocenters. The van der Waals surface area contributed by atoms with Gasteiger partial charge in [0.15, 0.2) is 5.82 Å². The number of nitrogens with one attached hydrogen (secondary N) is 2. The molecule has 1 fully saturated rings. The second kappa shape index (κ2) is 9.16. The zero-order valence-electron chi connectivity index (χ0n) is 17.8. The van der Waals surface area contributed by atoms with Gasteiger partial charge in [-0.15, -0.1) is 0 Å². The number of hydrogen-bond acceptors (Lipinski definition) is 3. The maximum absolute atomic E-state index is 13.3. The van der Waals surface area contributed by atoms with Gasteiger partial charge in [0.05, 0.1) is 5.41 Å². The molecule has 160 valence electrons. The molecule has 0 saturated carbocycles. The first-order valence-corrected chi connectivity index (χ1v) is 10.8. The van der Waals surface area contributed by atoms with Gasteiger partial charge in [-0.2, -0.15) is 0 Å². The average Bonchev–Trinajstić information content (AvgIpc) is 3.35. The smallest absolute Gasteiger partial charge is 0.289 e. The Morgan fingerprint density at radius 1 is 1.13 bits per heavy atom. The molecule has 1 aromatic heterocycles. The van der Waals surface area contributed by atoms with Gasteiger partial charge in [-0.1, -0.05) is 54.6 Å². The normalized spacial score (nSPS) is 18.5. The number of likely N-dealkylation sites (tertiary alicyclic amines) is 1. The Balaban J connectivity index is 1.62. The minimum absolute atomic E-state index is 0.0112. The zero-order valence-corrected chi connectivity index (χ0v) is 17.8. The van der Waals surface area contributed by atoms with Crippen LogP contribution in [-0.2, 0) is 11.2 Å². The van der Waals surface area contributed by atoms with Gasteiger partial charge in [-0.25, -0.2) is 4.98 Å². The summed E-state index contributed by atoms with van der Waals surface area (Å²) >= 11 is 0. The quantitative estimate of drug-likeness (QED) is 0.643. The highest BCUT2D eigenvalue weighted by molar-refractivity contribution is 5.92. The molecule has 0 spiro atoms. The average molecular weight is 417 g/mol. The molecule has 6 heteroatoms. The first-order chi connectivity index (χ1) is 15.1. The summed E-state index contributed by atoms with van der Waals surface area (Å²) in [6, 6.07) is 18.6. The van der Waals surface area contributed by atoms with Crippen LogP contribution >= 0.6 is 0 Å². The molecule has 0 aliphatic carbocycles. The van der Waals surface area contributed by atoms with Crippen molar-refractivity contribution in [3.8, 4) is 11.1 Å². The summed E-state index contributed by atoms with van der Waals surface area (Å²) in [6.45, 7) is 3.51. The molecule has 2 N–H and O–H groups in total. The zero-order chi connectivity index (χ0) is 21.7. The van der Waals surface area contributed by atoms with Crippen molar-refractivity contribution in [3.05, 3.63) is 78.4 Å². The van der Waals surface area contributed by atoms with Crippen LogP contribution in [0.4, 0.5) is 0 Å². The lowest BCUT2D eigenvalue weighted by Crippen LogP contribution is -2.54. The van der Waals surface area contributed by atoms with Crippen molar-refractivity contribution in [1.29, 1.82) is 0 Å². The molecular weight excluding hydrogens is 388 g/mol. The van der Waals surface area contributed by atoms with E-state index >= 15 is 0 Å².